The molecule has 19 heavy (non-hydrogen) atoms. The van der Waals surface area contributed by atoms with E-state index in [1.807, 2.05) is 0 Å². The van der Waals surface area contributed by atoms with Gasteiger partial charge in [0.2, 0.25) is 0 Å². The third-order valence-electron chi connectivity index (χ3n) is 4.57. The van der Waals surface area contributed by atoms with E-state index in [2.05, 4.69) is 35.5 Å². The van der Waals surface area contributed by atoms with Crippen molar-refractivity contribution in [1.82, 2.24) is 9.80 Å². The highest BCUT2D eigenvalue weighted by molar-refractivity contribution is 5.85. The zero-order valence-electron chi connectivity index (χ0n) is 12.5. The zero-order valence-corrected chi connectivity index (χ0v) is 13.3. The first-order valence-corrected chi connectivity index (χ1v) is 7.71. The van der Waals surface area contributed by atoms with Gasteiger partial charge in [0.25, 0.3) is 0 Å². The summed E-state index contributed by atoms with van der Waals surface area (Å²) >= 11 is 0. The molecule has 2 unspecified atom stereocenters. The minimum atomic E-state index is 0. The Labute approximate surface area is 125 Å². The number of likely N-dealkylation sites (tertiary alicyclic amines) is 2. The monoisotopic (exact) mass is 284 g/mol. The minimum Gasteiger partial charge on any atom is -0.290 e. The van der Waals surface area contributed by atoms with E-state index in [-0.39, 0.29) is 12.4 Å². The summed E-state index contributed by atoms with van der Waals surface area (Å²) < 4.78 is 0. The summed E-state index contributed by atoms with van der Waals surface area (Å²) in [6.45, 7) is 9.12. The summed E-state index contributed by atoms with van der Waals surface area (Å²) in [6.07, 6.45) is 8.22. The summed E-state index contributed by atoms with van der Waals surface area (Å²) in [5.74, 6) is 6.78. The Morgan fingerprint density at radius 3 is 1.58 bits per heavy atom. The quantitative estimate of drug-likeness (QED) is 0.719. The van der Waals surface area contributed by atoms with Crippen molar-refractivity contribution in [2.75, 3.05) is 26.2 Å². The Bertz CT molecular complexity index is 280. The van der Waals surface area contributed by atoms with E-state index >= 15 is 0 Å². The van der Waals surface area contributed by atoms with Crippen molar-refractivity contribution in [2.45, 2.75) is 64.5 Å². The van der Waals surface area contributed by atoms with Gasteiger partial charge in [-0.15, -0.1) is 12.4 Å². The smallest absolute Gasteiger partial charge is 0.0604 e. The van der Waals surface area contributed by atoms with Gasteiger partial charge in [-0.05, 0) is 52.6 Å². The van der Waals surface area contributed by atoms with Crippen LogP contribution in [0.3, 0.4) is 0 Å². The molecular formula is C16H29ClN2. The highest BCUT2D eigenvalue weighted by atomic mass is 35.5. The second-order valence-corrected chi connectivity index (χ2v) is 5.98. The van der Waals surface area contributed by atoms with Gasteiger partial charge in [0.05, 0.1) is 13.1 Å². The maximum absolute atomic E-state index is 3.39. The van der Waals surface area contributed by atoms with Gasteiger partial charge in [0.1, 0.15) is 0 Å². The van der Waals surface area contributed by atoms with Gasteiger partial charge in [-0.3, -0.25) is 9.80 Å². The van der Waals surface area contributed by atoms with Crippen LogP contribution in [-0.2, 0) is 0 Å². The van der Waals surface area contributed by atoms with Crippen LogP contribution in [0.15, 0.2) is 0 Å². The van der Waals surface area contributed by atoms with E-state index < -0.39 is 0 Å². The number of piperidine rings is 2. The number of halogens is 1. The summed E-state index contributed by atoms with van der Waals surface area (Å²) in [6, 6.07) is 1.48. The van der Waals surface area contributed by atoms with Crippen molar-refractivity contribution in [3.63, 3.8) is 0 Å². The predicted molar refractivity (Wildman–Crippen MR) is 84.8 cm³/mol. The second-order valence-electron chi connectivity index (χ2n) is 5.98. The molecule has 2 aliphatic rings. The Morgan fingerprint density at radius 1 is 0.789 bits per heavy atom. The number of hydrogen-bond acceptors (Lipinski definition) is 2. The average Bonchev–Trinajstić information content (AvgIpc) is 2.38. The van der Waals surface area contributed by atoms with Crippen LogP contribution in [0.2, 0.25) is 0 Å². The topological polar surface area (TPSA) is 6.48 Å². The lowest BCUT2D eigenvalue weighted by Crippen LogP contribution is -2.38. The molecule has 3 heteroatoms. The predicted octanol–water partition coefficient (Wildman–Crippen LogP) is 3.16. The number of hydrogen-bond donors (Lipinski definition) is 0. The van der Waals surface area contributed by atoms with E-state index in [1.165, 1.54) is 51.6 Å². The molecule has 2 aliphatic heterocycles. The van der Waals surface area contributed by atoms with Crippen LogP contribution in [0, 0.1) is 11.8 Å². The molecule has 0 aliphatic carbocycles. The van der Waals surface area contributed by atoms with Crippen molar-refractivity contribution in [3.05, 3.63) is 0 Å². The number of rotatable bonds is 2. The fourth-order valence-electron chi connectivity index (χ4n) is 3.10. The van der Waals surface area contributed by atoms with Gasteiger partial charge >= 0.3 is 0 Å². The average molecular weight is 285 g/mol. The molecule has 0 spiro atoms. The van der Waals surface area contributed by atoms with Gasteiger partial charge < -0.3 is 0 Å². The molecule has 2 nitrogen and oxygen atoms in total. The lowest BCUT2D eigenvalue weighted by Gasteiger charge is -2.32. The molecular weight excluding hydrogens is 256 g/mol. The Hall–Kier alpha value is -0.230. The lowest BCUT2D eigenvalue weighted by atomic mass is 10.0. The zero-order chi connectivity index (χ0) is 12.8. The Balaban J connectivity index is 0.00000180. The first-order chi connectivity index (χ1) is 8.77. The first kappa shape index (κ1) is 16.8. The SMILES string of the molecule is CC1CCCCN1CC#CCN1CCCCC1C.Cl. The Morgan fingerprint density at radius 2 is 1.21 bits per heavy atom. The highest BCUT2D eigenvalue weighted by Gasteiger charge is 2.17. The van der Waals surface area contributed by atoms with Gasteiger partial charge in [0.15, 0.2) is 0 Å². The molecule has 0 radical (unpaired) electrons. The summed E-state index contributed by atoms with van der Waals surface area (Å²) in [4.78, 5) is 5.08. The van der Waals surface area contributed by atoms with Crippen LogP contribution in [-0.4, -0.2) is 48.1 Å². The van der Waals surface area contributed by atoms with Crippen LogP contribution >= 0.6 is 12.4 Å². The molecule has 0 aromatic heterocycles. The molecule has 2 heterocycles. The summed E-state index contributed by atoms with van der Waals surface area (Å²) in [5.41, 5.74) is 0. The maximum atomic E-state index is 3.39. The normalized spacial score (nSPS) is 29.2. The van der Waals surface area contributed by atoms with Crippen molar-refractivity contribution >= 4 is 12.4 Å². The maximum Gasteiger partial charge on any atom is 0.0604 e. The molecule has 0 amide bonds. The molecule has 110 valence electrons. The van der Waals surface area contributed by atoms with Crippen molar-refractivity contribution < 1.29 is 0 Å². The van der Waals surface area contributed by atoms with Gasteiger partial charge in [0, 0.05) is 12.1 Å². The minimum absolute atomic E-state index is 0. The Kier molecular flexibility index (Phi) is 7.83. The fraction of sp³-hybridized carbons (Fsp3) is 0.875. The molecule has 0 saturated carbocycles. The van der Waals surface area contributed by atoms with E-state index in [0.717, 1.165) is 25.2 Å². The molecule has 0 N–H and O–H groups in total. The third kappa shape index (κ3) is 5.34. The van der Waals surface area contributed by atoms with Crippen LogP contribution < -0.4 is 0 Å². The van der Waals surface area contributed by atoms with Crippen LogP contribution in [0.5, 0.6) is 0 Å². The standard InChI is InChI=1S/C16H28N2.ClH/c1-15-9-3-5-11-17(15)13-7-8-14-18-12-6-4-10-16(18)2;/h15-16H,3-6,9-14H2,1-2H3;1H. The molecule has 0 aromatic carbocycles. The summed E-state index contributed by atoms with van der Waals surface area (Å²) in [5, 5.41) is 0. The number of nitrogens with zero attached hydrogens (tertiary/aromatic N) is 2. The van der Waals surface area contributed by atoms with Crippen molar-refractivity contribution in [3.8, 4) is 11.8 Å². The molecule has 2 fully saturated rings. The molecule has 2 saturated heterocycles. The summed E-state index contributed by atoms with van der Waals surface area (Å²) in [7, 11) is 0. The fourth-order valence-corrected chi connectivity index (χ4v) is 3.10. The van der Waals surface area contributed by atoms with E-state index in [0.29, 0.717) is 0 Å². The highest BCUT2D eigenvalue weighted by Crippen LogP contribution is 2.16. The van der Waals surface area contributed by atoms with E-state index in [9.17, 15) is 0 Å². The van der Waals surface area contributed by atoms with Crippen LogP contribution in [0.1, 0.15) is 52.4 Å². The molecule has 0 bridgehead atoms. The third-order valence-corrected chi connectivity index (χ3v) is 4.57. The van der Waals surface area contributed by atoms with Gasteiger partial charge in [-0.2, -0.15) is 0 Å². The van der Waals surface area contributed by atoms with E-state index in [1.54, 1.807) is 0 Å². The van der Waals surface area contributed by atoms with Crippen molar-refractivity contribution in [1.29, 1.82) is 0 Å². The largest absolute Gasteiger partial charge is 0.290 e. The van der Waals surface area contributed by atoms with Crippen LogP contribution in [0.4, 0.5) is 0 Å². The molecule has 0 aromatic rings. The molecule has 2 atom stereocenters. The lowest BCUT2D eigenvalue weighted by molar-refractivity contribution is 0.178. The van der Waals surface area contributed by atoms with Crippen LogP contribution in [0.25, 0.3) is 0 Å². The second kappa shape index (κ2) is 8.84. The molecule has 2 rings (SSSR count). The first-order valence-electron chi connectivity index (χ1n) is 7.71. The van der Waals surface area contributed by atoms with Crippen molar-refractivity contribution in [2.24, 2.45) is 0 Å². The van der Waals surface area contributed by atoms with Gasteiger partial charge in [-0.1, -0.05) is 24.7 Å². The van der Waals surface area contributed by atoms with Gasteiger partial charge in [-0.25, -0.2) is 0 Å². The van der Waals surface area contributed by atoms with E-state index in [4.69, 9.17) is 0 Å².